The van der Waals surface area contributed by atoms with Crippen LogP contribution in [0.2, 0.25) is 0 Å². The van der Waals surface area contributed by atoms with Crippen molar-refractivity contribution in [1.82, 2.24) is 4.90 Å². The second-order valence-corrected chi connectivity index (χ2v) is 6.73. The van der Waals surface area contributed by atoms with Crippen LogP contribution in [0.15, 0.2) is 42.5 Å². The summed E-state index contributed by atoms with van der Waals surface area (Å²) in [6.45, 7) is -2.28. The average molecular weight is 476 g/mol. The van der Waals surface area contributed by atoms with E-state index in [-0.39, 0.29) is 24.0 Å². The van der Waals surface area contributed by atoms with Crippen LogP contribution < -0.4 is 14.8 Å². The molecule has 8 heteroatoms. The molecule has 0 aliphatic carbocycles. The molecule has 2 aromatic carbocycles. The summed E-state index contributed by atoms with van der Waals surface area (Å²) >= 11 is 2.16. The summed E-state index contributed by atoms with van der Waals surface area (Å²) in [6, 6.07) is 12.2. The summed E-state index contributed by atoms with van der Waals surface area (Å²) in [5, 5.41) is 2.86. The number of methoxy groups -OCH3 is 1. The predicted octanol–water partition coefficient (Wildman–Crippen LogP) is 3.97. The third-order valence-corrected chi connectivity index (χ3v) is 4.40. The van der Waals surface area contributed by atoms with Gasteiger partial charge in [-0.25, -0.2) is 0 Å². The highest BCUT2D eigenvalue weighted by Gasteiger charge is 2.13. The maximum Gasteiger partial charge on any atom is 0.387 e. The van der Waals surface area contributed by atoms with Crippen LogP contribution >= 0.6 is 22.6 Å². The number of carbonyl (C=O) groups is 1. The number of rotatable bonds is 8. The fraction of sp³-hybridized carbons (Fsp3) is 0.278. The van der Waals surface area contributed by atoms with Gasteiger partial charge in [0, 0.05) is 10.1 Å². The zero-order chi connectivity index (χ0) is 19.1. The van der Waals surface area contributed by atoms with Gasteiger partial charge in [0.15, 0.2) is 11.5 Å². The lowest BCUT2D eigenvalue weighted by Crippen LogP contribution is -2.30. The van der Waals surface area contributed by atoms with Crippen molar-refractivity contribution in [2.24, 2.45) is 0 Å². The number of para-hydroxylation sites is 1. The van der Waals surface area contributed by atoms with Crippen molar-refractivity contribution >= 4 is 34.2 Å². The van der Waals surface area contributed by atoms with Gasteiger partial charge in [-0.1, -0.05) is 18.2 Å². The average Bonchev–Trinajstić information content (AvgIpc) is 2.57. The number of hydrogen-bond acceptors (Lipinski definition) is 4. The Hall–Kier alpha value is -1.94. The Labute approximate surface area is 164 Å². The molecule has 0 unspecified atom stereocenters. The summed E-state index contributed by atoms with van der Waals surface area (Å²) in [7, 11) is 3.18. The van der Waals surface area contributed by atoms with Crippen LogP contribution in [0.1, 0.15) is 5.56 Å². The van der Waals surface area contributed by atoms with Gasteiger partial charge in [0.1, 0.15) is 0 Å². The Balaban J connectivity index is 1.95. The minimum absolute atomic E-state index is 0.0229. The lowest BCUT2D eigenvalue weighted by molar-refractivity contribution is -0.117. The van der Waals surface area contributed by atoms with E-state index in [1.54, 1.807) is 19.2 Å². The molecule has 0 spiro atoms. The number of carbonyl (C=O) groups excluding carboxylic acids is 1. The highest BCUT2D eigenvalue weighted by atomic mass is 127. The summed E-state index contributed by atoms with van der Waals surface area (Å²) in [6.07, 6.45) is 0. The number of nitrogens with zero attached hydrogens (tertiary/aromatic N) is 1. The third kappa shape index (κ3) is 6.10. The van der Waals surface area contributed by atoms with Crippen LogP contribution in [-0.2, 0) is 11.3 Å². The number of ether oxygens (including phenoxy) is 2. The normalized spacial score (nSPS) is 10.9. The highest BCUT2D eigenvalue weighted by molar-refractivity contribution is 14.1. The first-order chi connectivity index (χ1) is 12.4. The van der Waals surface area contributed by atoms with Gasteiger partial charge in [0.25, 0.3) is 0 Å². The molecule has 0 fully saturated rings. The summed E-state index contributed by atoms with van der Waals surface area (Å²) < 4.78 is 35.2. The van der Waals surface area contributed by atoms with E-state index < -0.39 is 6.61 Å². The minimum Gasteiger partial charge on any atom is -0.493 e. The molecule has 2 rings (SSSR count). The molecule has 1 N–H and O–H groups in total. The van der Waals surface area contributed by atoms with Gasteiger partial charge in [-0.2, -0.15) is 8.78 Å². The zero-order valence-corrected chi connectivity index (χ0v) is 16.5. The number of benzene rings is 2. The van der Waals surface area contributed by atoms with E-state index >= 15 is 0 Å². The van der Waals surface area contributed by atoms with Crippen molar-refractivity contribution in [3.05, 3.63) is 51.6 Å². The SMILES string of the molecule is COc1cc(CN(C)CC(=O)Nc2ccccc2I)ccc1OC(F)F. The number of nitrogens with one attached hydrogen (secondary N) is 1. The summed E-state index contributed by atoms with van der Waals surface area (Å²) in [5.74, 6) is 0.0611. The number of halogens is 3. The fourth-order valence-electron chi connectivity index (χ4n) is 2.37. The summed E-state index contributed by atoms with van der Waals surface area (Å²) in [4.78, 5) is 14.0. The molecule has 26 heavy (non-hydrogen) atoms. The smallest absolute Gasteiger partial charge is 0.387 e. The van der Waals surface area contributed by atoms with Gasteiger partial charge in [-0.3, -0.25) is 9.69 Å². The second-order valence-electron chi connectivity index (χ2n) is 5.56. The Morgan fingerprint density at radius 3 is 2.62 bits per heavy atom. The van der Waals surface area contributed by atoms with Gasteiger partial charge in [0.2, 0.25) is 5.91 Å². The second kappa shape index (κ2) is 9.67. The number of hydrogen-bond donors (Lipinski definition) is 1. The Morgan fingerprint density at radius 1 is 1.23 bits per heavy atom. The zero-order valence-electron chi connectivity index (χ0n) is 14.3. The Bertz CT molecular complexity index is 759. The number of alkyl halides is 2. The van der Waals surface area contributed by atoms with E-state index in [4.69, 9.17) is 4.74 Å². The van der Waals surface area contributed by atoms with E-state index in [1.165, 1.54) is 13.2 Å². The quantitative estimate of drug-likeness (QED) is 0.587. The van der Waals surface area contributed by atoms with E-state index in [0.29, 0.717) is 6.54 Å². The third-order valence-electron chi connectivity index (χ3n) is 3.46. The molecular formula is C18H19F2IN2O3. The van der Waals surface area contributed by atoms with Crippen LogP contribution in [0.4, 0.5) is 14.5 Å². The van der Waals surface area contributed by atoms with Crippen molar-refractivity contribution in [2.75, 3.05) is 26.0 Å². The van der Waals surface area contributed by atoms with Crippen molar-refractivity contribution in [3.8, 4) is 11.5 Å². The van der Waals surface area contributed by atoms with Crippen LogP contribution in [-0.4, -0.2) is 38.1 Å². The highest BCUT2D eigenvalue weighted by Crippen LogP contribution is 2.29. The van der Waals surface area contributed by atoms with Crippen molar-refractivity contribution in [2.45, 2.75) is 13.2 Å². The van der Waals surface area contributed by atoms with Crippen LogP contribution in [0.25, 0.3) is 0 Å². The van der Waals surface area contributed by atoms with E-state index in [2.05, 4.69) is 32.6 Å². The lowest BCUT2D eigenvalue weighted by Gasteiger charge is -2.18. The molecule has 0 saturated carbocycles. The van der Waals surface area contributed by atoms with Gasteiger partial charge in [-0.05, 0) is 59.5 Å². The molecule has 0 bridgehead atoms. The van der Waals surface area contributed by atoms with Crippen LogP contribution in [0.5, 0.6) is 11.5 Å². The van der Waals surface area contributed by atoms with E-state index in [0.717, 1.165) is 14.8 Å². The Kier molecular flexibility index (Phi) is 7.58. The monoisotopic (exact) mass is 476 g/mol. The molecule has 0 aliphatic rings. The van der Waals surface area contributed by atoms with Crippen molar-refractivity contribution < 1.29 is 23.0 Å². The molecule has 0 atom stereocenters. The number of amides is 1. The van der Waals surface area contributed by atoms with Crippen molar-refractivity contribution in [3.63, 3.8) is 0 Å². The first-order valence-electron chi connectivity index (χ1n) is 7.73. The standard InChI is InChI=1S/C18H19F2IN2O3/c1-23(11-17(24)22-14-6-4-3-5-13(14)21)10-12-7-8-15(26-18(19)20)16(9-12)25-2/h3-9,18H,10-11H2,1-2H3,(H,22,24). The molecule has 140 valence electrons. The molecule has 0 aromatic heterocycles. The van der Waals surface area contributed by atoms with Gasteiger partial charge < -0.3 is 14.8 Å². The first-order valence-corrected chi connectivity index (χ1v) is 8.81. The molecular weight excluding hydrogens is 457 g/mol. The van der Waals surface area contributed by atoms with Crippen LogP contribution in [0, 0.1) is 3.57 Å². The van der Waals surface area contributed by atoms with E-state index in [1.807, 2.05) is 29.2 Å². The molecule has 0 heterocycles. The number of anilines is 1. The predicted molar refractivity (Wildman–Crippen MR) is 104 cm³/mol. The summed E-state index contributed by atoms with van der Waals surface area (Å²) in [5.41, 5.74) is 1.58. The molecule has 0 aliphatic heterocycles. The molecule has 1 amide bonds. The molecule has 5 nitrogen and oxygen atoms in total. The fourth-order valence-corrected chi connectivity index (χ4v) is 2.89. The van der Waals surface area contributed by atoms with Gasteiger partial charge >= 0.3 is 6.61 Å². The molecule has 0 saturated heterocycles. The van der Waals surface area contributed by atoms with Crippen LogP contribution in [0.3, 0.4) is 0 Å². The maximum atomic E-state index is 12.4. The number of likely N-dealkylation sites (N-methyl/N-ethyl adjacent to an activating group) is 1. The minimum atomic E-state index is -2.91. The Morgan fingerprint density at radius 2 is 1.96 bits per heavy atom. The van der Waals surface area contributed by atoms with Gasteiger partial charge in [-0.15, -0.1) is 0 Å². The lowest BCUT2D eigenvalue weighted by atomic mass is 10.2. The van der Waals surface area contributed by atoms with Crippen molar-refractivity contribution in [1.29, 1.82) is 0 Å². The molecule has 0 radical (unpaired) electrons. The first kappa shape index (κ1) is 20.4. The van der Waals surface area contributed by atoms with Gasteiger partial charge in [0.05, 0.1) is 19.3 Å². The molecule has 2 aromatic rings. The maximum absolute atomic E-state index is 12.4. The topological polar surface area (TPSA) is 50.8 Å². The largest absolute Gasteiger partial charge is 0.493 e. The van der Waals surface area contributed by atoms with E-state index in [9.17, 15) is 13.6 Å².